The van der Waals surface area contributed by atoms with Crippen molar-refractivity contribution in [3.8, 4) is 5.75 Å². The molecule has 0 aromatic heterocycles. The van der Waals surface area contributed by atoms with Gasteiger partial charge in [0, 0.05) is 29.8 Å². The van der Waals surface area contributed by atoms with Gasteiger partial charge in [0.25, 0.3) is 0 Å². The van der Waals surface area contributed by atoms with Gasteiger partial charge in [0.05, 0.1) is 7.11 Å². The van der Waals surface area contributed by atoms with Gasteiger partial charge in [-0.25, -0.2) is 0 Å². The Balaban J connectivity index is 1.63. The van der Waals surface area contributed by atoms with Crippen LogP contribution in [0.1, 0.15) is 11.1 Å². The SMILES string of the molecule is COc1cccc(NC(=S)NCCSCc2ccc(C)cc2)c1. The van der Waals surface area contributed by atoms with Crippen molar-refractivity contribution in [3.05, 3.63) is 59.7 Å². The second kappa shape index (κ2) is 9.43. The smallest absolute Gasteiger partial charge is 0.170 e. The number of aryl methyl sites for hydroxylation is 1. The van der Waals surface area contributed by atoms with E-state index in [-0.39, 0.29) is 0 Å². The van der Waals surface area contributed by atoms with Gasteiger partial charge in [0.1, 0.15) is 5.75 Å². The standard InChI is InChI=1S/C18H22N2OS2/c1-14-6-8-15(9-7-14)13-23-11-10-19-18(22)20-16-4-3-5-17(12-16)21-2/h3-9,12H,10-11,13H2,1-2H3,(H2,19,20,22). The normalized spacial score (nSPS) is 10.2. The van der Waals surface area contributed by atoms with Gasteiger partial charge in [-0.3, -0.25) is 0 Å². The van der Waals surface area contributed by atoms with Crippen LogP contribution < -0.4 is 15.4 Å². The Morgan fingerprint density at radius 2 is 1.96 bits per heavy atom. The zero-order chi connectivity index (χ0) is 16.5. The Labute approximate surface area is 147 Å². The van der Waals surface area contributed by atoms with Crippen LogP contribution in [-0.4, -0.2) is 24.5 Å². The van der Waals surface area contributed by atoms with Gasteiger partial charge in [-0.15, -0.1) is 0 Å². The minimum atomic E-state index is 0.634. The van der Waals surface area contributed by atoms with Gasteiger partial charge < -0.3 is 15.4 Å². The molecule has 0 aliphatic carbocycles. The lowest BCUT2D eigenvalue weighted by Crippen LogP contribution is -2.30. The average molecular weight is 347 g/mol. The van der Waals surface area contributed by atoms with Crippen molar-refractivity contribution in [2.75, 3.05) is 24.7 Å². The lowest BCUT2D eigenvalue weighted by Gasteiger charge is -2.11. The van der Waals surface area contributed by atoms with Crippen LogP contribution in [-0.2, 0) is 5.75 Å². The fourth-order valence-corrected chi connectivity index (χ4v) is 3.03. The van der Waals surface area contributed by atoms with E-state index < -0.39 is 0 Å². The first kappa shape index (κ1) is 17.6. The summed E-state index contributed by atoms with van der Waals surface area (Å²) in [6, 6.07) is 16.4. The topological polar surface area (TPSA) is 33.3 Å². The van der Waals surface area contributed by atoms with Crippen LogP contribution in [0.4, 0.5) is 5.69 Å². The molecule has 2 aromatic rings. The van der Waals surface area contributed by atoms with E-state index in [1.54, 1.807) is 7.11 Å². The summed E-state index contributed by atoms with van der Waals surface area (Å²) < 4.78 is 5.19. The maximum absolute atomic E-state index is 5.30. The van der Waals surface area contributed by atoms with Gasteiger partial charge in [-0.2, -0.15) is 11.8 Å². The van der Waals surface area contributed by atoms with Crippen molar-refractivity contribution in [2.24, 2.45) is 0 Å². The molecular weight excluding hydrogens is 324 g/mol. The minimum absolute atomic E-state index is 0.634. The molecule has 5 heteroatoms. The summed E-state index contributed by atoms with van der Waals surface area (Å²) in [6.07, 6.45) is 0. The van der Waals surface area contributed by atoms with Gasteiger partial charge in [-0.1, -0.05) is 35.9 Å². The zero-order valence-electron chi connectivity index (χ0n) is 13.5. The Hall–Kier alpha value is -1.72. The molecule has 2 rings (SSSR count). The fraction of sp³-hybridized carbons (Fsp3) is 0.278. The van der Waals surface area contributed by atoms with Gasteiger partial charge >= 0.3 is 0 Å². The Morgan fingerprint density at radius 3 is 2.70 bits per heavy atom. The van der Waals surface area contributed by atoms with Crippen molar-refractivity contribution in [3.63, 3.8) is 0 Å². The first-order chi connectivity index (χ1) is 11.2. The largest absolute Gasteiger partial charge is 0.497 e. The lowest BCUT2D eigenvalue weighted by molar-refractivity contribution is 0.415. The summed E-state index contributed by atoms with van der Waals surface area (Å²) in [7, 11) is 1.65. The van der Waals surface area contributed by atoms with Crippen LogP contribution in [0.25, 0.3) is 0 Å². The van der Waals surface area contributed by atoms with E-state index in [1.165, 1.54) is 11.1 Å². The van der Waals surface area contributed by atoms with Crippen molar-refractivity contribution in [1.82, 2.24) is 5.32 Å². The number of thiocarbonyl (C=S) groups is 1. The molecular formula is C18H22N2OS2. The number of ether oxygens (including phenoxy) is 1. The summed E-state index contributed by atoms with van der Waals surface area (Å²) in [6.45, 7) is 2.95. The van der Waals surface area contributed by atoms with E-state index in [1.807, 2.05) is 36.0 Å². The first-order valence-electron chi connectivity index (χ1n) is 7.49. The van der Waals surface area contributed by atoms with E-state index in [0.717, 1.165) is 29.5 Å². The minimum Gasteiger partial charge on any atom is -0.497 e. The van der Waals surface area contributed by atoms with Crippen molar-refractivity contribution >= 4 is 34.8 Å². The van der Waals surface area contributed by atoms with Crippen LogP contribution in [0, 0.1) is 6.92 Å². The number of methoxy groups -OCH3 is 1. The predicted octanol–water partition coefficient (Wildman–Crippen LogP) is 4.22. The average Bonchev–Trinajstić information content (AvgIpc) is 2.56. The molecule has 0 heterocycles. The molecule has 0 atom stereocenters. The predicted molar refractivity (Wildman–Crippen MR) is 105 cm³/mol. The summed E-state index contributed by atoms with van der Waals surface area (Å²) in [4.78, 5) is 0. The molecule has 23 heavy (non-hydrogen) atoms. The van der Waals surface area contributed by atoms with E-state index >= 15 is 0 Å². The molecule has 0 aliphatic rings. The molecule has 0 bridgehead atoms. The number of benzene rings is 2. The van der Waals surface area contributed by atoms with Gasteiger partial charge in [0.15, 0.2) is 5.11 Å². The zero-order valence-corrected chi connectivity index (χ0v) is 15.1. The third-order valence-electron chi connectivity index (χ3n) is 3.25. The molecule has 0 amide bonds. The molecule has 122 valence electrons. The third-order valence-corrected chi connectivity index (χ3v) is 4.53. The maximum atomic E-state index is 5.30. The first-order valence-corrected chi connectivity index (χ1v) is 9.06. The fourth-order valence-electron chi connectivity index (χ4n) is 1.99. The van der Waals surface area contributed by atoms with Crippen LogP contribution in [0.2, 0.25) is 0 Å². The summed E-state index contributed by atoms with van der Waals surface area (Å²) in [5, 5.41) is 7.02. The summed E-state index contributed by atoms with van der Waals surface area (Å²) >= 11 is 7.20. The van der Waals surface area contributed by atoms with E-state index in [9.17, 15) is 0 Å². The highest BCUT2D eigenvalue weighted by Gasteiger charge is 1.99. The molecule has 0 radical (unpaired) electrons. The number of rotatable bonds is 7. The highest BCUT2D eigenvalue weighted by molar-refractivity contribution is 7.98. The van der Waals surface area contributed by atoms with Crippen molar-refractivity contribution in [1.29, 1.82) is 0 Å². The van der Waals surface area contributed by atoms with Crippen LogP contribution >= 0.6 is 24.0 Å². The maximum Gasteiger partial charge on any atom is 0.170 e. The highest BCUT2D eigenvalue weighted by atomic mass is 32.2. The summed E-state index contributed by atoms with van der Waals surface area (Å²) in [5.74, 6) is 2.85. The summed E-state index contributed by atoms with van der Waals surface area (Å²) in [5.41, 5.74) is 3.58. The number of hydrogen-bond acceptors (Lipinski definition) is 3. The highest BCUT2D eigenvalue weighted by Crippen LogP contribution is 2.16. The number of anilines is 1. The van der Waals surface area contributed by atoms with E-state index in [0.29, 0.717) is 5.11 Å². The van der Waals surface area contributed by atoms with E-state index in [4.69, 9.17) is 17.0 Å². The van der Waals surface area contributed by atoms with Gasteiger partial charge in [-0.05, 0) is 36.8 Å². The van der Waals surface area contributed by atoms with Gasteiger partial charge in [0.2, 0.25) is 0 Å². The molecule has 0 aliphatic heterocycles. The molecule has 0 spiro atoms. The number of hydrogen-bond donors (Lipinski definition) is 2. The Kier molecular flexibility index (Phi) is 7.23. The molecule has 0 saturated heterocycles. The lowest BCUT2D eigenvalue weighted by atomic mass is 10.2. The number of thioether (sulfide) groups is 1. The molecule has 3 nitrogen and oxygen atoms in total. The van der Waals surface area contributed by atoms with Crippen LogP contribution in [0.5, 0.6) is 5.75 Å². The second-order valence-electron chi connectivity index (χ2n) is 5.15. The molecule has 2 aromatic carbocycles. The Morgan fingerprint density at radius 1 is 1.17 bits per heavy atom. The second-order valence-corrected chi connectivity index (χ2v) is 6.66. The number of nitrogens with one attached hydrogen (secondary N) is 2. The monoisotopic (exact) mass is 346 g/mol. The third kappa shape index (κ3) is 6.50. The van der Waals surface area contributed by atoms with Crippen molar-refractivity contribution < 1.29 is 4.74 Å². The van der Waals surface area contributed by atoms with Crippen LogP contribution in [0.15, 0.2) is 48.5 Å². The molecule has 0 saturated carbocycles. The van der Waals surface area contributed by atoms with Crippen molar-refractivity contribution in [2.45, 2.75) is 12.7 Å². The Bertz CT molecular complexity index is 629. The van der Waals surface area contributed by atoms with E-state index in [2.05, 4.69) is 41.8 Å². The molecule has 2 N–H and O–H groups in total. The van der Waals surface area contributed by atoms with Crippen LogP contribution in [0.3, 0.4) is 0 Å². The quantitative estimate of drug-likeness (QED) is 0.579. The molecule has 0 unspecified atom stereocenters. The molecule has 0 fully saturated rings.